The molecule has 1 saturated heterocycles. The van der Waals surface area contributed by atoms with Gasteiger partial charge in [0.1, 0.15) is 0 Å². The van der Waals surface area contributed by atoms with Gasteiger partial charge in [-0.1, -0.05) is 12.1 Å². The molecular formula is C13H16F2N2OS. The minimum atomic E-state index is -2.78. The van der Waals surface area contributed by atoms with Crippen molar-refractivity contribution >= 4 is 17.7 Å². The molecule has 1 aromatic rings. The number of alkyl halides is 2. The van der Waals surface area contributed by atoms with E-state index in [2.05, 4.69) is 10.6 Å². The van der Waals surface area contributed by atoms with E-state index < -0.39 is 24.9 Å². The highest BCUT2D eigenvalue weighted by Gasteiger charge is 2.42. The molecule has 0 saturated carbocycles. The van der Waals surface area contributed by atoms with Gasteiger partial charge in [0, 0.05) is 17.9 Å². The zero-order chi connectivity index (χ0) is 13.9. The van der Waals surface area contributed by atoms with Gasteiger partial charge in [-0.3, -0.25) is 10.1 Å². The molecule has 1 amide bonds. The average molecular weight is 286 g/mol. The van der Waals surface area contributed by atoms with Crippen LogP contribution in [0.3, 0.4) is 0 Å². The van der Waals surface area contributed by atoms with Crippen molar-refractivity contribution in [3.8, 4) is 0 Å². The van der Waals surface area contributed by atoms with Crippen LogP contribution in [0.5, 0.6) is 0 Å². The van der Waals surface area contributed by atoms with Gasteiger partial charge in [0.2, 0.25) is 5.91 Å². The Morgan fingerprint density at radius 3 is 2.68 bits per heavy atom. The first-order chi connectivity index (χ1) is 9.00. The Labute approximate surface area is 115 Å². The van der Waals surface area contributed by atoms with Crippen LogP contribution in [0.15, 0.2) is 29.2 Å². The number of nitrogens with one attached hydrogen (secondary N) is 2. The monoisotopic (exact) mass is 286 g/mol. The molecule has 2 rings (SSSR count). The number of halogens is 2. The van der Waals surface area contributed by atoms with Crippen molar-refractivity contribution in [1.29, 1.82) is 0 Å². The lowest BCUT2D eigenvalue weighted by molar-refractivity contribution is -0.123. The zero-order valence-corrected chi connectivity index (χ0v) is 11.4. The fourth-order valence-corrected chi connectivity index (χ4v) is 2.36. The maximum atomic E-state index is 13.0. The predicted molar refractivity (Wildman–Crippen MR) is 71.4 cm³/mol. The molecule has 2 N–H and O–H groups in total. The fourth-order valence-electron chi connectivity index (χ4n) is 1.96. The Morgan fingerprint density at radius 2 is 2.16 bits per heavy atom. The van der Waals surface area contributed by atoms with Gasteiger partial charge in [0.15, 0.2) is 0 Å². The largest absolute Gasteiger partial charge is 0.351 e. The van der Waals surface area contributed by atoms with E-state index in [0.717, 1.165) is 10.5 Å². The van der Waals surface area contributed by atoms with E-state index in [1.165, 1.54) is 0 Å². The number of carbonyl (C=O) groups is 1. The van der Waals surface area contributed by atoms with Crippen molar-refractivity contribution in [1.82, 2.24) is 10.6 Å². The van der Waals surface area contributed by atoms with Crippen LogP contribution in [0.2, 0.25) is 0 Å². The number of hydrogen-bond donors (Lipinski definition) is 2. The van der Waals surface area contributed by atoms with Crippen molar-refractivity contribution < 1.29 is 13.6 Å². The van der Waals surface area contributed by atoms with Crippen molar-refractivity contribution in [2.24, 2.45) is 0 Å². The first kappa shape index (κ1) is 14.3. The first-order valence-corrected chi connectivity index (χ1v) is 7.24. The van der Waals surface area contributed by atoms with Gasteiger partial charge in [-0.2, -0.15) is 0 Å². The molecule has 1 aliphatic rings. The van der Waals surface area contributed by atoms with Gasteiger partial charge < -0.3 is 5.32 Å². The molecule has 104 valence electrons. The lowest BCUT2D eigenvalue weighted by Gasteiger charge is -2.11. The summed E-state index contributed by atoms with van der Waals surface area (Å²) < 4.78 is 25.9. The van der Waals surface area contributed by atoms with Crippen LogP contribution in [0.1, 0.15) is 12.0 Å². The summed E-state index contributed by atoms with van der Waals surface area (Å²) in [4.78, 5) is 12.9. The molecule has 1 aromatic carbocycles. The molecule has 0 radical (unpaired) electrons. The van der Waals surface area contributed by atoms with Crippen LogP contribution in [0.4, 0.5) is 8.78 Å². The van der Waals surface area contributed by atoms with E-state index in [-0.39, 0.29) is 5.91 Å². The Morgan fingerprint density at radius 1 is 1.47 bits per heavy atom. The molecule has 1 atom stereocenters. The van der Waals surface area contributed by atoms with Crippen LogP contribution in [0, 0.1) is 0 Å². The normalized spacial score (nSPS) is 21.3. The third-order valence-electron chi connectivity index (χ3n) is 3.05. The molecule has 1 heterocycles. The topological polar surface area (TPSA) is 41.1 Å². The van der Waals surface area contributed by atoms with Gasteiger partial charge in [0.25, 0.3) is 5.92 Å². The van der Waals surface area contributed by atoms with Gasteiger partial charge >= 0.3 is 0 Å². The molecule has 0 aliphatic carbocycles. The van der Waals surface area contributed by atoms with E-state index in [4.69, 9.17) is 0 Å². The SMILES string of the molecule is CSc1ccc(CNC(=O)C2CC(F)(F)CN2)cc1. The van der Waals surface area contributed by atoms with E-state index in [0.29, 0.717) is 6.54 Å². The predicted octanol–water partition coefficient (Wildman–Crippen LogP) is 2.02. The quantitative estimate of drug-likeness (QED) is 0.832. The van der Waals surface area contributed by atoms with Crippen LogP contribution in [-0.2, 0) is 11.3 Å². The molecule has 3 nitrogen and oxygen atoms in total. The van der Waals surface area contributed by atoms with E-state index in [1.807, 2.05) is 30.5 Å². The zero-order valence-electron chi connectivity index (χ0n) is 10.6. The van der Waals surface area contributed by atoms with Crippen molar-refractivity contribution in [3.05, 3.63) is 29.8 Å². The molecule has 19 heavy (non-hydrogen) atoms. The average Bonchev–Trinajstić information content (AvgIpc) is 2.77. The van der Waals surface area contributed by atoms with E-state index in [9.17, 15) is 13.6 Å². The third kappa shape index (κ3) is 3.91. The van der Waals surface area contributed by atoms with Crippen molar-refractivity contribution in [2.45, 2.75) is 29.8 Å². The first-order valence-electron chi connectivity index (χ1n) is 6.02. The van der Waals surface area contributed by atoms with Crippen LogP contribution >= 0.6 is 11.8 Å². The van der Waals surface area contributed by atoms with Gasteiger partial charge in [0.05, 0.1) is 12.6 Å². The summed E-state index contributed by atoms with van der Waals surface area (Å²) >= 11 is 1.64. The summed E-state index contributed by atoms with van der Waals surface area (Å²) in [6, 6.07) is 6.98. The van der Waals surface area contributed by atoms with Gasteiger partial charge in [-0.15, -0.1) is 11.8 Å². The molecule has 6 heteroatoms. The molecule has 1 aliphatic heterocycles. The molecule has 0 bridgehead atoms. The second kappa shape index (κ2) is 5.88. The smallest absolute Gasteiger partial charge is 0.262 e. The summed E-state index contributed by atoms with van der Waals surface area (Å²) in [5.74, 6) is -3.15. The number of amides is 1. The molecule has 0 aromatic heterocycles. The minimum absolute atomic E-state index is 0.358. The standard InChI is InChI=1S/C13H16F2N2OS/c1-19-10-4-2-9(3-5-10)7-16-12(18)11-6-13(14,15)8-17-11/h2-5,11,17H,6-8H2,1H3,(H,16,18). The highest BCUT2D eigenvalue weighted by atomic mass is 32.2. The summed E-state index contributed by atoms with van der Waals surface area (Å²) in [6.07, 6.45) is 1.56. The fraction of sp³-hybridized carbons (Fsp3) is 0.462. The lowest BCUT2D eigenvalue weighted by Crippen LogP contribution is -2.39. The van der Waals surface area contributed by atoms with Crippen LogP contribution in [-0.4, -0.2) is 30.7 Å². The third-order valence-corrected chi connectivity index (χ3v) is 3.80. The summed E-state index contributed by atoms with van der Waals surface area (Å²) in [7, 11) is 0. The van der Waals surface area contributed by atoms with Gasteiger partial charge in [-0.05, 0) is 24.0 Å². The summed E-state index contributed by atoms with van der Waals surface area (Å²) in [5.41, 5.74) is 0.955. The Kier molecular flexibility index (Phi) is 4.42. The number of thioether (sulfide) groups is 1. The van der Waals surface area contributed by atoms with E-state index >= 15 is 0 Å². The highest BCUT2D eigenvalue weighted by molar-refractivity contribution is 7.98. The second-order valence-electron chi connectivity index (χ2n) is 4.56. The van der Waals surface area contributed by atoms with Gasteiger partial charge in [-0.25, -0.2) is 8.78 Å². The Hall–Kier alpha value is -1.14. The second-order valence-corrected chi connectivity index (χ2v) is 5.44. The molecule has 1 fully saturated rings. The van der Waals surface area contributed by atoms with Crippen LogP contribution in [0.25, 0.3) is 0 Å². The minimum Gasteiger partial charge on any atom is -0.351 e. The Balaban J connectivity index is 1.83. The highest BCUT2D eigenvalue weighted by Crippen LogP contribution is 2.25. The summed E-state index contributed by atoms with van der Waals surface area (Å²) in [6.45, 7) is -0.0647. The molecule has 0 spiro atoms. The van der Waals surface area contributed by atoms with E-state index in [1.54, 1.807) is 11.8 Å². The molecular weight excluding hydrogens is 270 g/mol. The Bertz CT molecular complexity index is 450. The maximum absolute atomic E-state index is 13.0. The number of hydrogen-bond acceptors (Lipinski definition) is 3. The number of rotatable bonds is 4. The maximum Gasteiger partial charge on any atom is 0.262 e. The lowest BCUT2D eigenvalue weighted by atomic mass is 10.1. The van der Waals surface area contributed by atoms with Crippen LogP contribution < -0.4 is 10.6 Å². The van der Waals surface area contributed by atoms with Crippen molar-refractivity contribution in [3.63, 3.8) is 0 Å². The summed E-state index contributed by atoms with van der Waals surface area (Å²) in [5, 5.41) is 5.21. The number of carbonyl (C=O) groups excluding carboxylic acids is 1. The molecule has 1 unspecified atom stereocenters. The number of benzene rings is 1. The van der Waals surface area contributed by atoms with Crippen molar-refractivity contribution in [2.75, 3.05) is 12.8 Å².